The Morgan fingerprint density at radius 3 is 2.47 bits per heavy atom. The van der Waals surface area contributed by atoms with Crippen molar-refractivity contribution in [1.29, 1.82) is 0 Å². The molecule has 0 aromatic heterocycles. The molecular weight excluding hydrogens is 196 g/mol. The maximum atomic E-state index is 11.0. The van der Waals surface area contributed by atoms with Gasteiger partial charge in [-0.25, -0.2) is 9.59 Å². The number of esters is 1. The highest BCUT2D eigenvalue weighted by Crippen LogP contribution is 1.94. The molecule has 1 N–H and O–H groups in total. The van der Waals surface area contributed by atoms with Crippen molar-refractivity contribution in [2.24, 2.45) is 0 Å². The summed E-state index contributed by atoms with van der Waals surface area (Å²) in [5, 5.41) is 8.24. The summed E-state index contributed by atoms with van der Waals surface area (Å²) in [7, 11) is 0. The first-order valence-corrected chi connectivity index (χ1v) is 4.91. The number of unbranched alkanes of at least 4 members (excludes halogenated alkanes) is 2. The molecule has 0 saturated heterocycles. The Morgan fingerprint density at radius 2 is 1.87 bits per heavy atom. The van der Waals surface area contributed by atoms with E-state index < -0.39 is 11.9 Å². The fraction of sp³-hybridized carbons (Fsp3) is 0.455. The Morgan fingerprint density at radius 1 is 1.20 bits per heavy atom. The van der Waals surface area contributed by atoms with E-state index in [4.69, 9.17) is 9.84 Å². The highest BCUT2D eigenvalue weighted by atomic mass is 16.5. The van der Waals surface area contributed by atoms with Gasteiger partial charge in [0.2, 0.25) is 0 Å². The molecular formula is C11H16O4. The van der Waals surface area contributed by atoms with E-state index in [2.05, 4.69) is 6.92 Å². The van der Waals surface area contributed by atoms with E-state index in [0.29, 0.717) is 6.61 Å². The molecule has 0 spiro atoms. The van der Waals surface area contributed by atoms with Gasteiger partial charge in [0.1, 0.15) is 0 Å². The zero-order chi connectivity index (χ0) is 11.5. The van der Waals surface area contributed by atoms with Crippen LogP contribution in [0, 0.1) is 0 Å². The van der Waals surface area contributed by atoms with Crippen molar-refractivity contribution in [2.75, 3.05) is 6.61 Å². The fourth-order valence-electron chi connectivity index (χ4n) is 0.845. The van der Waals surface area contributed by atoms with Gasteiger partial charge < -0.3 is 9.84 Å². The number of hydrogen-bond donors (Lipinski definition) is 1. The molecule has 84 valence electrons. The third kappa shape index (κ3) is 10.3. The highest BCUT2D eigenvalue weighted by Gasteiger charge is 1.94. The van der Waals surface area contributed by atoms with Crippen LogP contribution in [0.5, 0.6) is 0 Å². The summed E-state index contributed by atoms with van der Waals surface area (Å²) in [5.41, 5.74) is 0. The number of carboxylic acid groups (broad SMARTS) is 1. The SMILES string of the molecule is CCCCCOC(=O)/C=C/C=C/C(=O)O. The van der Waals surface area contributed by atoms with Crippen LogP contribution >= 0.6 is 0 Å². The van der Waals surface area contributed by atoms with Crippen LogP contribution in [-0.4, -0.2) is 23.7 Å². The number of carbonyl (C=O) groups is 2. The van der Waals surface area contributed by atoms with E-state index in [9.17, 15) is 9.59 Å². The third-order valence-electron chi connectivity index (χ3n) is 1.57. The number of ether oxygens (including phenoxy) is 1. The van der Waals surface area contributed by atoms with Gasteiger partial charge in [0.15, 0.2) is 0 Å². The minimum absolute atomic E-state index is 0.416. The maximum Gasteiger partial charge on any atom is 0.330 e. The fourth-order valence-corrected chi connectivity index (χ4v) is 0.845. The Balaban J connectivity index is 3.60. The first-order valence-electron chi connectivity index (χ1n) is 4.91. The van der Waals surface area contributed by atoms with Crippen molar-refractivity contribution in [1.82, 2.24) is 0 Å². The van der Waals surface area contributed by atoms with E-state index in [0.717, 1.165) is 25.3 Å². The Hall–Kier alpha value is -1.58. The van der Waals surface area contributed by atoms with Crippen molar-refractivity contribution >= 4 is 11.9 Å². The molecule has 0 aliphatic carbocycles. The number of carboxylic acids is 1. The van der Waals surface area contributed by atoms with Crippen LogP contribution in [0.15, 0.2) is 24.3 Å². The standard InChI is InChI=1S/C11H16O4/c1-2-3-6-9-15-11(14)8-5-4-7-10(12)13/h4-5,7-8H,2-3,6,9H2,1H3,(H,12,13)/b7-4+,8-5+. The summed E-state index contributed by atoms with van der Waals surface area (Å²) in [5.74, 6) is -1.49. The molecule has 0 aliphatic rings. The molecule has 0 heterocycles. The highest BCUT2D eigenvalue weighted by molar-refractivity contribution is 5.83. The molecule has 0 amide bonds. The van der Waals surface area contributed by atoms with Crippen LogP contribution in [0.2, 0.25) is 0 Å². The molecule has 0 aliphatic heterocycles. The zero-order valence-electron chi connectivity index (χ0n) is 8.81. The lowest BCUT2D eigenvalue weighted by molar-refractivity contribution is -0.138. The monoisotopic (exact) mass is 212 g/mol. The third-order valence-corrected chi connectivity index (χ3v) is 1.57. The lowest BCUT2D eigenvalue weighted by Gasteiger charge is -1.99. The van der Waals surface area contributed by atoms with Crippen LogP contribution < -0.4 is 0 Å². The van der Waals surface area contributed by atoms with Crippen molar-refractivity contribution in [2.45, 2.75) is 26.2 Å². The molecule has 0 bridgehead atoms. The smallest absolute Gasteiger partial charge is 0.330 e. The second-order valence-electron chi connectivity index (χ2n) is 2.93. The predicted molar refractivity (Wildman–Crippen MR) is 56.4 cm³/mol. The van der Waals surface area contributed by atoms with Gasteiger partial charge in [-0.1, -0.05) is 31.9 Å². The number of allylic oxidation sites excluding steroid dienone is 2. The van der Waals surface area contributed by atoms with Gasteiger partial charge in [-0.3, -0.25) is 0 Å². The largest absolute Gasteiger partial charge is 0.478 e. The normalized spacial score (nSPS) is 11.0. The average Bonchev–Trinajstić information content (AvgIpc) is 2.19. The summed E-state index contributed by atoms with van der Waals surface area (Å²) in [4.78, 5) is 21.0. The van der Waals surface area contributed by atoms with Crippen LogP contribution in [0.25, 0.3) is 0 Å². The van der Waals surface area contributed by atoms with Crippen molar-refractivity contribution in [3.05, 3.63) is 24.3 Å². The lowest BCUT2D eigenvalue weighted by atomic mass is 10.3. The van der Waals surface area contributed by atoms with Gasteiger partial charge in [-0.2, -0.15) is 0 Å². The Bertz CT molecular complexity index is 253. The number of aliphatic carboxylic acids is 1. The van der Waals surface area contributed by atoms with Crippen LogP contribution in [0.3, 0.4) is 0 Å². The quantitative estimate of drug-likeness (QED) is 0.303. The predicted octanol–water partition coefficient (Wildman–Crippen LogP) is 1.92. The van der Waals surface area contributed by atoms with Gasteiger partial charge in [0.25, 0.3) is 0 Å². The van der Waals surface area contributed by atoms with E-state index in [-0.39, 0.29) is 0 Å². The van der Waals surface area contributed by atoms with Crippen molar-refractivity contribution in [3.63, 3.8) is 0 Å². The molecule has 4 nitrogen and oxygen atoms in total. The van der Waals surface area contributed by atoms with Gasteiger partial charge in [0.05, 0.1) is 6.61 Å². The minimum atomic E-state index is -1.05. The zero-order valence-corrected chi connectivity index (χ0v) is 8.81. The van der Waals surface area contributed by atoms with Gasteiger partial charge in [-0.15, -0.1) is 0 Å². The van der Waals surface area contributed by atoms with Crippen LogP contribution in [0.4, 0.5) is 0 Å². The van der Waals surface area contributed by atoms with Gasteiger partial charge in [-0.05, 0) is 6.42 Å². The topological polar surface area (TPSA) is 63.6 Å². The second-order valence-corrected chi connectivity index (χ2v) is 2.93. The Labute approximate surface area is 89.2 Å². The van der Waals surface area contributed by atoms with Gasteiger partial charge >= 0.3 is 11.9 Å². The summed E-state index contributed by atoms with van der Waals surface area (Å²) < 4.78 is 4.84. The molecule has 0 unspecified atom stereocenters. The van der Waals surface area contributed by atoms with E-state index in [1.165, 1.54) is 18.2 Å². The molecule has 15 heavy (non-hydrogen) atoms. The van der Waals surface area contributed by atoms with Crippen LogP contribution in [0.1, 0.15) is 26.2 Å². The lowest BCUT2D eigenvalue weighted by Crippen LogP contribution is -2.01. The van der Waals surface area contributed by atoms with Crippen molar-refractivity contribution < 1.29 is 19.4 Å². The molecule has 0 atom stereocenters. The van der Waals surface area contributed by atoms with Crippen molar-refractivity contribution in [3.8, 4) is 0 Å². The molecule has 0 aromatic rings. The molecule has 4 heteroatoms. The van der Waals surface area contributed by atoms with E-state index in [1.807, 2.05) is 0 Å². The average molecular weight is 212 g/mol. The number of carbonyl (C=O) groups excluding carboxylic acids is 1. The molecule has 0 saturated carbocycles. The Kier molecular flexibility index (Phi) is 8.05. The maximum absolute atomic E-state index is 11.0. The first-order chi connectivity index (χ1) is 7.16. The first kappa shape index (κ1) is 13.4. The molecule has 0 rings (SSSR count). The molecule has 0 fully saturated rings. The van der Waals surface area contributed by atoms with Crippen LogP contribution in [-0.2, 0) is 14.3 Å². The number of hydrogen-bond acceptors (Lipinski definition) is 3. The molecule has 0 aromatic carbocycles. The van der Waals surface area contributed by atoms with Gasteiger partial charge in [0, 0.05) is 12.2 Å². The summed E-state index contributed by atoms with van der Waals surface area (Å²) in [6, 6.07) is 0. The summed E-state index contributed by atoms with van der Waals surface area (Å²) in [6.07, 6.45) is 7.74. The minimum Gasteiger partial charge on any atom is -0.478 e. The second kappa shape index (κ2) is 8.99. The van der Waals surface area contributed by atoms with E-state index in [1.54, 1.807) is 0 Å². The summed E-state index contributed by atoms with van der Waals surface area (Å²) in [6.45, 7) is 2.48. The van der Waals surface area contributed by atoms with E-state index >= 15 is 0 Å². The molecule has 0 radical (unpaired) electrons. The number of rotatable bonds is 7. The summed E-state index contributed by atoms with van der Waals surface area (Å²) >= 11 is 0.